The van der Waals surface area contributed by atoms with Gasteiger partial charge < -0.3 is 9.47 Å². The monoisotopic (exact) mass is 274 g/mol. The first-order valence-electron chi connectivity index (χ1n) is 6.61. The summed E-state index contributed by atoms with van der Waals surface area (Å²) in [6.45, 7) is 4.18. The smallest absolute Gasteiger partial charge is 0.312 e. The van der Waals surface area contributed by atoms with Crippen LogP contribution < -0.4 is 4.74 Å². The second-order valence-corrected chi connectivity index (χ2v) is 4.45. The van der Waals surface area contributed by atoms with Crippen molar-refractivity contribution in [2.24, 2.45) is 5.92 Å². The number of nitrogens with one attached hydrogen (secondary N) is 1. The Labute approximate surface area is 117 Å². The van der Waals surface area contributed by atoms with Gasteiger partial charge in [-0.05, 0) is 19.4 Å². The molecule has 0 bridgehead atoms. The molecule has 0 aliphatic carbocycles. The van der Waals surface area contributed by atoms with Gasteiger partial charge in [-0.2, -0.15) is 0 Å². The Bertz CT molecular complexity index is 551. The Morgan fingerprint density at radius 3 is 2.80 bits per heavy atom. The lowest BCUT2D eigenvalue weighted by Gasteiger charge is -2.09. The van der Waals surface area contributed by atoms with E-state index in [1.165, 1.54) is 0 Å². The molecule has 0 aliphatic rings. The summed E-state index contributed by atoms with van der Waals surface area (Å²) in [5.41, 5.74) is 1.91. The zero-order valence-corrected chi connectivity index (χ0v) is 11.6. The van der Waals surface area contributed by atoms with Crippen molar-refractivity contribution in [2.45, 2.75) is 13.8 Å². The molecule has 2 rings (SSSR count). The number of aromatic amines is 1. The van der Waals surface area contributed by atoms with Gasteiger partial charge in [-0.1, -0.05) is 30.3 Å². The summed E-state index contributed by atoms with van der Waals surface area (Å²) in [4.78, 5) is 11.5. The Morgan fingerprint density at radius 2 is 2.10 bits per heavy atom. The Kier molecular flexibility index (Phi) is 4.76. The number of hydrogen-bond donors (Lipinski definition) is 1. The Hall–Kier alpha value is -2.30. The molecule has 2 aromatic rings. The van der Waals surface area contributed by atoms with E-state index in [0.717, 1.165) is 11.3 Å². The molecule has 0 aliphatic heterocycles. The van der Waals surface area contributed by atoms with Crippen LogP contribution in [0.3, 0.4) is 0 Å². The maximum absolute atomic E-state index is 11.5. The van der Waals surface area contributed by atoms with E-state index in [4.69, 9.17) is 9.47 Å². The number of aromatic nitrogens is 2. The molecule has 0 saturated carbocycles. The Morgan fingerprint density at radius 1 is 1.35 bits per heavy atom. The average Bonchev–Trinajstić information content (AvgIpc) is 2.95. The molecule has 0 saturated heterocycles. The summed E-state index contributed by atoms with van der Waals surface area (Å²) in [5.74, 6) is -0.0989. The predicted molar refractivity (Wildman–Crippen MR) is 75.3 cm³/mol. The predicted octanol–water partition coefficient (Wildman–Crippen LogP) is 2.65. The van der Waals surface area contributed by atoms with E-state index < -0.39 is 0 Å². The summed E-state index contributed by atoms with van der Waals surface area (Å²) in [7, 11) is 0. The van der Waals surface area contributed by atoms with E-state index in [-0.39, 0.29) is 18.5 Å². The molecular formula is C15H18N2O3. The third-order valence-electron chi connectivity index (χ3n) is 2.81. The highest BCUT2D eigenvalue weighted by Crippen LogP contribution is 2.20. The lowest BCUT2D eigenvalue weighted by Crippen LogP contribution is -2.21. The molecule has 5 heteroatoms. The molecule has 20 heavy (non-hydrogen) atoms. The highest BCUT2D eigenvalue weighted by Gasteiger charge is 2.15. The van der Waals surface area contributed by atoms with Gasteiger partial charge in [0, 0.05) is 6.07 Å². The van der Waals surface area contributed by atoms with Crippen LogP contribution in [0, 0.1) is 5.92 Å². The lowest BCUT2D eigenvalue weighted by molar-refractivity contribution is -0.148. The number of nitrogens with zero attached hydrogens (tertiary/aromatic N) is 1. The second-order valence-electron chi connectivity index (χ2n) is 4.45. The van der Waals surface area contributed by atoms with Crippen molar-refractivity contribution in [2.75, 3.05) is 13.2 Å². The van der Waals surface area contributed by atoms with Crippen molar-refractivity contribution in [1.29, 1.82) is 0 Å². The standard InChI is InChI=1S/C15H18N2O3/c1-3-19-15(18)11(2)10-20-14-9-13(16-17-14)12-7-5-4-6-8-12/h4-9,11H,3,10H2,1-2H3,(H,16,17). The van der Waals surface area contributed by atoms with Gasteiger partial charge in [0.2, 0.25) is 5.88 Å². The van der Waals surface area contributed by atoms with Crippen molar-refractivity contribution < 1.29 is 14.3 Å². The fraction of sp³-hybridized carbons (Fsp3) is 0.333. The minimum Gasteiger partial charge on any atom is -0.476 e. The molecule has 0 amide bonds. The van der Waals surface area contributed by atoms with Crippen molar-refractivity contribution in [3.63, 3.8) is 0 Å². The van der Waals surface area contributed by atoms with Gasteiger partial charge >= 0.3 is 5.97 Å². The third kappa shape index (κ3) is 3.60. The van der Waals surface area contributed by atoms with Crippen molar-refractivity contribution in [3.8, 4) is 17.1 Å². The molecular weight excluding hydrogens is 256 g/mol. The molecule has 0 radical (unpaired) electrons. The van der Waals surface area contributed by atoms with Gasteiger partial charge in [-0.25, -0.2) is 0 Å². The van der Waals surface area contributed by atoms with Crippen LogP contribution in [0.25, 0.3) is 11.3 Å². The normalized spacial score (nSPS) is 11.9. The number of benzene rings is 1. The minimum atomic E-state index is -0.313. The maximum atomic E-state index is 11.5. The molecule has 1 unspecified atom stereocenters. The van der Waals surface area contributed by atoms with Crippen LogP contribution in [-0.4, -0.2) is 29.4 Å². The number of carbonyl (C=O) groups excluding carboxylic acids is 1. The third-order valence-corrected chi connectivity index (χ3v) is 2.81. The molecule has 1 aromatic heterocycles. The first-order chi connectivity index (χ1) is 9.70. The average molecular weight is 274 g/mol. The topological polar surface area (TPSA) is 64.2 Å². The van der Waals surface area contributed by atoms with Crippen LogP contribution in [-0.2, 0) is 9.53 Å². The highest BCUT2D eigenvalue weighted by molar-refractivity contribution is 5.72. The van der Waals surface area contributed by atoms with Crippen LogP contribution in [0.2, 0.25) is 0 Å². The molecule has 0 spiro atoms. The summed E-state index contributed by atoms with van der Waals surface area (Å²) in [5, 5.41) is 6.98. The summed E-state index contributed by atoms with van der Waals surface area (Å²) < 4.78 is 10.4. The van der Waals surface area contributed by atoms with Crippen LogP contribution in [0.4, 0.5) is 0 Å². The highest BCUT2D eigenvalue weighted by atomic mass is 16.5. The molecule has 1 heterocycles. The summed E-state index contributed by atoms with van der Waals surface area (Å²) in [6, 6.07) is 11.7. The van der Waals surface area contributed by atoms with Crippen molar-refractivity contribution in [1.82, 2.24) is 10.2 Å². The van der Waals surface area contributed by atoms with E-state index in [2.05, 4.69) is 10.2 Å². The fourth-order valence-electron chi connectivity index (χ4n) is 1.71. The SMILES string of the molecule is CCOC(=O)C(C)COc1cc(-c2ccccc2)[nH]n1. The largest absolute Gasteiger partial charge is 0.476 e. The molecule has 1 atom stereocenters. The van der Waals surface area contributed by atoms with Gasteiger partial charge in [0.15, 0.2) is 0 Å². The number of carbonyl (C=O) groups is 1. The zero-order valence-electron chi connectivity index (χ0n) is 11.6. The first kappa shape index (κ1) is 14.1. The van der Waals surface area contributed by atoms with Gasteiger partial charge in [0.05, 0.1) is 18.2 Å². The number of ether oxygens (including phenoxy) is 2. The van der Waals surface area contributed by atoms with E-state index in [1.54, 1.807) is 13.8 Å². The number of hydrogen-bond acceptors (Lipinski definition) is 4. The number of H-pyrrole nitrogens is 1. The second kappa shape index (κ2) is 6.75. The van der Waals surface area contributed by atoms with Gasteiger partial charge in [-0.15, -0.1) is 5.10 Å². The van der Waals surface area contributed by atoms with E-state index in [9.17, 15) is 4.79 Å². The molecule has 1 aromatic carbocycles. The van der Waals surface area contributed by atoms with E-state index >= 15 is 0 Å². The summed E-state index contributed by atoms with van der Waals surface area (Å²) in [6.07, 6.45) is 0. The Balaban J connectivity index is 1.92. The summed E-state index contributed by atoms with van der Waals surface area (Å²) >= 11 is 0. The maximum Gasteiger partial charge on any atom is 0.312 e. The first-order valence-corrected chi connectivity index (χ1v) is 6.61. The number of rotatable bonds is 6. The van der Waals surface area contributed by atoms with E-state index in [1.807, 2.05) is 36.4 Å². The van der Waals surface area contributed by atoms with Gasteiger partial charge in [0.25, 0.3) is 0 Å². The van der Waals surface area contributed by atoms with Crippen LogP contribution in [0.1, 0.15) is 13.8 Å². The lowest BCUT2D eigenvalue weighted by atomic mass is 10.2. The molecule has 0 fully saturated rings. The van der Waals surface area contributed by atoms with Gasteiger partial charge in [0.1, 0.15) is 6.61 Å². The van der Waals surface area contributed by atoms with Crippen LogP contribution >= 0.6 is 0 Å². The fourth-order valence-corrected chi connectivity index (χ4v) is 1.71. The van der Waals surface area contributed by atoms with Crippen molar-refractivity contribution >= 4 is 5.97 Å². The molecule has 1 N–H and O–H groups in total. The van der Waals surface area contributed by atoms with Crippen LogP contribution in [0.15, 0.2) is 36.4 Å². The van der Waals surface area contributed by atoms with Crippen molar-refractivity contribution in [3.05, 3.63) is 36.4 Å². The zero-order chi connectivity index (χ0) is 14.4. The molecule has 5 nitrogen and oxygen atoms in total. The van der Waals surface area contributed by atoms with E-state index in [0.29, 0.717) is 12.5 Å². The minimum absolute atomic E-state index is 0.248. The number of esters is 1. The quantitative estimate of drug-likeness (QED) is 0.822. The van der Waals surface area contributed by atoms with Crippen LogP contribution in [0.5, 0.6) is 5.88 Å². The molecule has 106 valence electrons. The van der Waals surface area contributed by atoms with Gasteiger partial charge in [-0.3, -0.25) is 9.89 Å².